The topological polar surface area (TPSA) is 61.6 Å². The number of nitrogens with zero attached hydrogens (tertiary/aromatic N) is 3. The van der Waals surface area contributed by atoms with Crippen molar-refractivity contribution in [2.24, 2.45) is 5.92 Å². The number of nitrogens with one attached hydrogen (secondary N) is 1. The first kappa shape index (κ1) is 9.91. The molecule has 0 saturated heterocycles. The van der Waals surface area contributed by atoms with Crippen molar-refractivity contribution in [3.8, 4) is 6.07 Å². The van der Waals surface area contributed by atoms with Crippen molar-refractivity contribution in [1.29, 1.82) is 5.26 Å². The maximum Gasteiger partial charge on any atom is 0.145 e. The number of aromatic nitrogens is 2. The van der Waals surface area contributed by atoms with Gasteiger partial charge in [-0.15, -0.1) is 0 Å². The van der Waals surface area contributed by atoms with Crippen molar-refractivity contribution >= 4 is 5.82 Å². The Bertz CT molecular complexity index is 363. The van der Waals surface area contributed by atoms with Gasteiger partial charge in [-0.2, -0.15) is 5.26 Å². The van der Waals surface area contributed by atoms with Gasteiger partial charge in [-0.1, -0.05) is 12.8 Å². The SMILES string of the molecule is N#Cc1cc(NCC2CCCC2)ncn1. The van der Waals surface area contributed by atoms with Crippen LogP contribution in [0.15, 0.2) is 12.4 Å². The summed E-state index contributed by atoms with van der Waals surface area (Å²) in [6.45, 7) is 0.960. The molecule has 1 saturated carbocycles. The summed E-state index contributed by atoms with van der Waals surface area (Å²) in [5.74, 6) is 1.53. The highest BCUT2D eigenvalue weighted by atomic mass is 15.0. The summed E-state index contributed by atoms with van der Waals surface area (Å²) in [4.78, 5) is 7.90. The lowest BCUT2D eigenvalue weighted by molar-refractivity contribution is 0.579. The molecule has 0 atom stereocenters. The number of nitriles is 1. The molecule has 0 bridgehead atoms. The Morgan fingerprint density at radius 1 is 1.40 bits per heavy atom. The van der Waals surface area contributed by atoms with Gasteiger partial charge in [0.2, 0.25) is 0 Å². The standard InChI is InChI=1S/C11H14N4/c12-6-10-5-11(15-8-14-10)13-7-9-3-1-2-4-9/h5,8-9H,1-4,7H2,(H,13,14,15). The Morgan fingerprint density at radius 2 is 2.20 bits per heavy atom. The second kappa shape index (κ2) is 4.74. The largest absolute Gasteiger partial charge is 0.370 e. The lowest BCUT2D eigenvalue weighted by Crippen LogP contribution is -2.12. The van der Waals surface area contributed by atoms with E-state index in [1.165, 1.54) is 32.0 Å². The van der Waals surface area contributed by atoms with E-state index in [4.69, 9.17) is 5.26 Å². The Hall–Kier alpha value is -1.63. The smallest absolute Gasteiger partial charge is 0.145 e. The average molecular weight is 202 g/mol. The fraction of sp³-hybridized carbons (Fsp3) is 0.545. The molecule has 1 aromatic rings. The molecule has 2 rings (SSSR count). The second-order valence-electron chi connectivity index (χ2n) is 3.93. The van der Waals surface area contributed by atoms with Crippen LogP contribution in [0, 0.1) is 17.2 Å². The zero-order valence-corrected chi connectivity index (χ0v) is 8.61. The molecule has 78 valence electrons. The molecule has 4 nitrogen and oxygen atoms in total. The van der Waals surface area contributed by atoms with E-state index in [-0.39, 0.29) is 0 Å². The fourth-order valence-corrected chi connectivity index (χ4v) is 1.98. The van der Waals surface area contributed by atoms with Gasteiger partial charge in [-0.3, -0.25) is 0 Å². The van der Waals surface area contributed by atoms with Crippen LogP contribution in [0.25, 0.3) is 0 Å². The molecular weight excluding hydrogens is 188 g/mol. The minimum Gasteiger partial charge on any atom is -0.370 e. The molecule has 0 radical (unpaired) electrons. The highest BCUT2D eigenvalue weighted by molar-refractivity contribution is 5.38. The highest BCUT2D eigenvalue weighted by Crippen LogP contribution is 2.24. The minimum absolute atomic E-state index is 0.416. The van der Waals surface area contributed by atoms with Gasteiger partial charge >= 0.3 is 0 Å². The van der Waals surface area contributed by atoms with Crippen LogP contribution in [0.5, 0.6) is 0 Å². The van der Waals surface area contributed by atoms with Gasteiger partial charge in [0, 0.05) is 12.6 Å². The Kier molecular flexibility index (Phi) is 3.13. The quantitative estimate of drug-likeness (QED) is 0.813. The molecule has 1 fully saturated rings. The molecule has 0 aliphatic heterocycles. The monoisotopic (exact) mass is 202 g/mol. The summed E-state index contributed by atoms with van der Waals surface area (Å²) in [6, 6.07) is 3.69. The molecular formula is C11H14N4. The first-order valence-electron chi connectivity index (χ1n) is 5.34. The van der Waals surface area contributed by atoms with Gasteiger partial charge in [-0.05, 0) is 18.8 Å². The lowest BCUT2D eigenvalue weighted by Gasteiger charge is -2.10. The maximum atomic E-state index is 8.67. The van der Waals surface area contributed by atoms with Gasteiger partial charge < -0.3 is 5.32 Å². The van der Waals surface area contributed by atoms with Gasteiger partial charge in [0.1, 0.15) is 23.9 Å². The van der Waals surface area contributed by atoms with Gasteiger partial charge in [0.05, 0.1) is 0 Å². The molecule has 1 heterocycles. The number of hydrogen-bond donors (Lipinski definition) is 1. The van der Waals surface area contributed by atoms with Crippen LogP contribution in [-0.4, -0.2) is 16.5 Å². The van der Waals surface area contributed by atoms with E-state index in [1.54, 1.807) is 6.07 Å². The highest BCUT2D eigenvalue weighted by Gasteiger charge is 2.14. The third kappa shape index (κ3) is 2.66. The number of hydrogen-bond acceptors (Lipinski definition) is 4. The van der Waals surface area contributed by atoms with Crippen LogP contribution in [0.1, 0.15) is 31.4 Å². The van der Waals surface area contributed by atoms with Crippen LogP contribution in [0.3, 0.4) is 0 Å². The Balaban J connectivity index is 1.90. The van der Waals surface area contributed by atoms with Crippen LogP contribution < -0.4 is 5.32 Å². The summed E-state index contributed by atoms with van der Waals surface area (Å²) in [6.07, 6.45) is 6.74. The Morgan fingerprint density at radius 3 is 2.93 bits per heavy atom. The number of anilines is 1. The molecule has 0 spiro atoms. The summed E-state index contributed by atoms with van der Waals surface area (Å²) in [7, 11) is 0. The van der Waals surface area contributed by atoms with E-state index in [1.807, 2.05) is 6.07 Å². The van der Waals surface area contributed by atoms with Gasteiger partial charge in [0.25, 0.3) is 0 Å². The van der Waals surface area contributed by atoms with Crippen molar-refractivity contribution < 1.29 is 0 Å². The van der Waals surface area contributed by atoms with Gasteiger partial charge in [-0.25, -0.2) is 9.97 Å². The molecule has 0 amide bonds. The third-order valence-electron chi connectivity index (χ3n) is 2.83. The molecule has 1 aliphatic carbocycles. The molecule has 4 heteroatoms. The van der Waals surface area contributed by atoms with Gasteiger partial charge in [0.15, 0.2) is 0 Å². The summed E-state index contributed by atoms with van der Waals surface area (Å²) in [5.41, 5.74) is 0.416. The molecule has 15 heavy (non-hydrogen) atoms. The van der Waals surface area contributed by atoms with Crippen LogP contribution >= 0.6 is 0 Å². The zero-order valence-electron chi connectivity index (χ0n) is 8.61. The minimum atomic E-state index is 0.416. The fourth-order valence-electron chi connectivity index (χ4n) is 1.98. The first-order valence-corrected chi connectivity index (χ1v) is 5.34. The summed E-state index contributed by atoms with van der Waals surface area (Å²) >= 11 is 0. The van der Waals surface area contributed by atoms with E-state index in [0.717, 1.165) is 18.3 Å². The van der Waals surface area contributed by atoms with E-state index < -0.39 is 0 Å². The summed E-state index contributed by atoms with van der Waals surface area (Å²) < 4.78 is 0. The van der Waals surface area contributed by atoms with E-state index in [2.05, 4.69) is 15.3 Å². The van der Waals surface area contributed by atoms with Crippen LogP contribution in [-0.2, 0) is 0 Å². The molecule has 1 aliphatic rings. The van der Waals surface area contributed by atoms with Crippen molar-refractivity contribution in [3.05, 3.63) is 18.1 Å². The molecule has 0 unspecified atom stereocenters. The molecule has 1 N–H and O–H groups in total. The van der Waals surface area contributed by atoms with E-state index in [9.17, 15) is 0 Å². The number of rotatable bonds is 3. The maximum absolute atomic E-state index is 8.67. The predicted octanol–water partition coefficient (Wildman–Crippen LogP) is 1.95. The zero-order chi connectivity index (χ0) is 10.5. The van der Waals surface area contributed by atoms with E-state index >= 15 is 0 Å². The van der Waals surface area contributed by atoms with E-state index in [0.29, 0.717) is 5.69 Å². The third-order valence-corrected chi connectivity index (χ3v) is 2.83. The normalized spacial score (nSPS) is 16.2. The van der Waals surface area contributed by atoms with Crippen molar-refractivity contribution in [2.75, 3.05) is 11.9 Å². The summed E-state index contributed by atoms with van der Waals surface area (Å²) in [5, 5.41) is 11.9. The Labute approximate surface area is 89.4 Å². The van der Waals surface area contributed by atoms with Crippen molar-refractivity contribution in [3.63, 3.8) is 0 Å². The molecule has 1 aromatic heterocycles. The molecule has 0 aromatic carbocycles. The van der Waals surface area contributed by atoms with Crippen molar-refractivity contribution in [2.45, 2.75) is 25.7 Å². The van der Waals surface area contributed by atoms with Crippen LogP contribution in [0.4, 0.5) is 5.82 Å². The second-order valence-corrected chi connectivity index (χ2v) is 3.93. The van der Waals surface area contributed by atoms with Crippen LogP contribution in [0.2, 0.25) is 0 Å². The predicted molar refractivity (Wildman–Crippen MR) is 57.2 cm³/mol. The average Bonchev–Trinajstić information content (AvgIpc) is 2.79. The van der Waals surface area contributed by atoms with Crippen molar-refractivity contribution in [1.82, 2.24) is 9.97 Å². The lowest BCUT2D eigenvalue weighted by atomic mass is 10.1. The first-order chi connectivity index (χ1) is 7.38.